The van der Waals surface area contributed by atoms with E-state index in [1.807, 2.05) is 11.3 Å². The van der Waals surface area contributed by atoms with Crippen LogP contribution in [0.2, 0.25) is 0 Å². The van der Waals surface area contributed by atoms with E-state index in [-0.39, 0.29) is 7.43 Å². The number of para-hydroxylation sites is 1. The summed E-state index contributed by atoms with van der Waals surface area (Å²) in [5.41, 5.74) is 3.96. The smallest absolute Gasteiger partial charge is 0.184 e. The number of nitrogens with zero attached hydrogens (tertiary/aromatic N) is 1. The van der Waals surface area contributed by atoms with Crippen molar-refractivity contribution in [2.45, 2.75) is 14.4 Å². The van der Waals surface area contributed by atoms with Crippen LogP contribution in [-0.2, 0) is 7.05 Å². The van der Waals surface area contributed by atoms with Gasteiger partial charge in [-0.3, -0.25) is 0 Å². The van der Waals surface area contributed by atoms with Gasteiger partial charge in [0, 0.05) is 6.07 Å². The van der Waals surface area contributed by atoms with Gasteiger partial charge in [0.15, 0.2) is 0 Å². The Morgan fingerprint density at radius 1 is 0.944 bits per heavy atom. The van der Waals surface area contributed by atoms with Crippen LogP contribution in [0.15, 0.2) is 48.5 Å². The molecule has 2 aromatic carbocycles. The zero-order valence-electron chi connectivity index (χ0n) is 9.97. The van der Waals surface area contributed by atoms with E-state index in [1.165, 1.54) is 26.4 Å². The zero-order chi connectivity index (χ0) is 11.8. The van der Waals surface area contributed by atoms with Crippen LogP contribution in [0.1, 0.15) is 13.0 Å². The quantitative estimate of drug-likeness (QED) is 0.570. The second-order valence-corrected chi connectivity index (χ2v) is 5.28. The van der Waals surface area contributed by atoms with Crippen LogP contribution < -0.4 is 4.57 Å². The number of aryl methyl sites for hydroxylation is 2. The van der Waals surface area contributed by atoms with Crippen molar-refractivity contribution in [1.82, 2.24) is 0 Å². The van der Waals surface area contributed by atoms with E-state index in [4.69, 9.17) is 0 Å². The molecule has 0 bridgehead atoms. The molecule has 1 heterocycles. The monoisotopic (exact) mass is 256 g/mol. The van der Waals surface area contributed by atoms with Crippen LogP contribution in [0.25, 0.3) is 20.8 Å². The Morgan fingerprint density at radius 3 is 2.33 bits per heavy atom. The highest BCUT2D eigenvalue weighted by molar-refractivity contribution is 7.21. The average molecular weight is 256 g/mol. The molecule has 3 rings (SSSR count). The van der Waals surface area contributed by atoms with E-state index in [1.54, 1.807) is 0 Å². The lowest BCUT2D eigenvalue weighted by molar-refractivity contribution is -0.629. The topological polar surface area (TPSA) is 3.88 Å². The molecule has 0 aliphatic rings. The first-order valence-corrected chi connectivity index (χ1v) is 6.52. The van der Waals surface area contributed by atoms with Gasteiger partial charge in [-0.25, -0.2) is 0 Å². The third-order valence-electron chi connectivity index (χ3n) is 3.11. The number of aromatic nitrogens is 1. The van der Waals surface area contributed by atoms with E-state index in [9.17, 15) is 0 Å². The lowest BCUT2D eigenvalue weighted by Gasteiger charge is -1.98. The number of benzene rings is 2. The minimum Gasteiger partial charge on any atom is -0.184 e. The predicted molar refractivity (Wildman–Crippen MR) is 79.9 cm³/mol. The molecule has 3 aromatic rings. The summed E-state index contributed by atoms with van der Waals surface area (Å²) in [7, 11) is 2.14. The maximum absolute atomic E-state index is 2.28. The highest BCUT2D eigenvalue weighted by Gasteiger charge is 2.18. The van der Waals surface area contributed by atoms with Gasteiger partial charge < -0.3 is 0 Å². The summed E-state index contributed by atoms with van der Waals surface area (Å²) in [5.74, 6) is 0. The molecule has 0 unspecified atom stereocenters. The van der Waals surface area contributed by atoms with Gasteiger partial charge in [0.25, 0.3) is 5.01 Å². The molecule has 0 N–H and O–H groups in total. The van der Waals surface area contributed by atoms with Gasteiger partial charge in [-0.05, 0) is 24.6 Å². The molecule has 0 saturated carbocycles. The molecule has 1 nitrogen and oxygen atoms in total. The van der Waals surface area contributed by atoms with Crippen LogP contribution >= 0.6 is 11.3 Å². The Balaban J connectivity index is 0.00000120. The molecule has 0 radical (unpaired) electrons. The van der Waals surface area contributed by atoms with Crippen molar-refractivity contribution >= 4 is 21.6 Å². The molecule has 1 aromatic heterocycles. The predicted octanol–water partition coefficient (Wildman–Crippen LogP) is 4.34. The zero-order valence-corrected chi connectivity index (χ0v) is 10.8. The van der Waals surface area contributed by atoms with E-state index in [0.717, 1.165) is 0 Å². The maximum Gasteiger partial charge on any atom is 0.270 e. The molecular formula is C16H18NS+. The molecule has 2 heteroatoms. The van der Waals surface area contributed by atoms with Gasteiger partial charge in [-0.1, -0.05) is 49.1 Å². The van der Waals surface area contributed by atoms with Gasteiger partial charge in [0.05, 0.1) is 5.56 Å². The summed E-state index contributed by atoms with van der Waals surface area (Å²) >= 11 is 1.85. The fourth-order valence-electron chi connectivity index (χ4n) is 2.15. The summed E-state index contributed by atoms with van der Waals surface area (Å²) in [5, 5.41) is 1.32. The van der Waals surface area contributed by atoms with E-state index in [2.05, 4.69) is 67.1 Å². The van der Waals surface area contributed by atoms with Gasteiger partial charge in [-0.15, -0.1) is 0 Å². The standard InChI is InChI=1S/C15H14NS.CH4/c1-11-7-3-4-8-12(11)15-16(2)13-9-5-6-10-14(13)17-15;/h3-10H,1-2H3;1H4/q+1;. The van der Waals surface area contributed by atoms with Crippen LogP contribution in [0, 0.1) is 6.92 Å². The number of fused-ring (bicyclic) bond motifs is 1. The number of hydrogen-bond donors (Lipinski definition) is 0. The van der Waals surface area contributed by atoms with Crippen LogP contribution in [0.3, 0.4) is 0 Å². The lowest BCUT2D eigenvalue weighted by Crippen LogP contribution is -2.28. The summed E-state index contributed by atoms with van der Waals surface area (Å²) in [4.78, 5) is 0. The van der Waals surface area contributed by atoms with Gasteiger partial charge in [0.2, 0.25) is 5.52 Å². The molecule has 0 amide bonds. The average Bonchev–Trinajstić information content (AvgIpc) is 2.68. The fraction of sp³-hybridized carbons (Fsp3) is 0.188. The second-order valence-electron chi connectivity index (χ2n) is 4.25. The second kappa shape index (κ2) is 4.91. The SMILES string of the molecule is C.Cc1ccccc1-c1sc2ccccc2[n+]1C. The van der Waals surface area contributed by atoms with E-state index in [0.29, 0.717) is 0 Å². The normalized spacial score (nSPS) is 10.3. The van der Waals surface area contributed by atoms with Crippen molar-refractivity contribution in [2.24, 2.45) is 7.05 Å². The first-order valence-electron chi connectivity index (χ1n) is 5.71. The Labute approximate surface area is 112 Å². The summed E-state index contributed by atoms with van der Waals surface area (Å²) in [6.45, 7) is 2.17. The Bertz CT molecular complexity index is 682. The third kappa shape index (κ3) is 1.93. The lowest BCUT2D eigenvalue weighted by atomic mass is 10.1. The van der Waals surface area contributed by atoms with Crippen molar-refractivity contribution in [2.75, 3.05) is 0 Å². The maximum atomic E-state index is 2.28. The molecule has 92 valence electrons. The molecule has 0 aliphatic carbocycles. The van der Waals surface area contributed by atoms with Crippen LogP contribution in [0.5, 0.6) is 0 Å². The molecule has 0 fully saturated rings. The van der Waals surface area contributed by atoms with Gasteiger partial charge in [0.1, 0.15) is 11.7 Å². The van der Waals surface area contributed by atoms with E-state index < -0.39 is 0 Å². The first kappa shape index (κ1) is 12.8. The van der Waals surface area contributed by atoms with Crippen molar-refractivity contribution < 1.29 is 4.57 Å². The fourth-order valence-corrected chi connectivity index (χ4v) is 3.39. The number of rotatable bonds is 1. The number of thiazole rings is 1. The van der Waals surface area contributed by atoms with Gasteiger partial charge >= 0.3 is 0 Å². The molecule has 0 aliphatic heterocycles. The van der Waals surface area contributed by atoms with E-state index >= 15 is 0 Å². The van der Waals surface area contributed by atoms with Crippen LogP contribution in [-0.4, -0.2) is 0 Å². The summed E-state index contributed by atoms with van der Waals surface area (Å²) < 4.78 is 3.62. The Kier molecular flexibility index (Phi) is 3.48. The number of hydrogen-bond acceptors (Lipinski definition) is 1. The Hall–Kier alpha value is -1.67. The third-order valence-corrected chi connectivity index (χ3v) is 4.37. The molecule has 0 atom stereocenters. The molecule has 0 saturated heterocycles. The largest absolute Gasteiger partial charge is 0.270 e. The van der Waals surface area contributed by atoms with Crippen molar-refractivity contribution in [1.29, 1.82) is 0 Å². The van der Waals surface area contributed by atoms with Crippen molar-refractivity contribution in [3.05, 3.63) is 54.1 Å². The minimum absolute atomic E-state index is 0. The molecular weight excluding hydrogens is 238 g/mol. The highest BCUT2D eigenvalue weighted by Crippen LogP contribution is 2.29. The highest BCUT2D eigenvalue weighted by atomic mass is 32.1. The minimum atomic E-state index is 0. The first-order chi connectivity index (χ1) is 8.27. The Morgan fingerprint density at radius 2 is 1.61 bits per heavy atom. The van der Waals surface area contributed by atoms with Crippen molar-refractivity contribution in [3.63, 3.8) is 0 Å². The summed E-state index contributed by atoms with van der Waals surface area (Å²) in [6.07, 6.45) is 0. The molecule has 0 spiro atoms. The summed E-state index contributed by atoms with van der Waals surface area (Å²) in [6, 6.07) is 17.1. The van der Waals surface area contributed by atoms with Gasteiger partial charge in [-0.2, -0.15) is 4.57 Å². The molecule has 18 heavy (non-hydrogen) atoms. The van der Waals surface area contributed by atoms with Crippen molar-refractivity contribution in [3.8, 4) is 10.6 Å². The van der Waals surface area contributed by atoms with Crippen LogP contribution in [0.4, 0.5) is 0 Å².